The quantitative estimate of drug-likeness (QED) is 0.168. The first-order valence-corrected chi connectivity index (χ1v) is 11.7. The molecule has 10 nitrogen and oxygen atoms in total. The van der Waals surface area contributed by atoms with Gasteiger partial charge in [-0.3, -0.25) is 9.59 Å². The Hall–Kier alpha value is -3.79. The molecule has 2 aliphatic rings. The molecule has 0 amide bonds. The Morgan fingerprint density at radius 1 is 1.19 bits per heavy atom. The zero-order valence-corrected chi connectivity index (χ0v) is 21.4. The van der Waals surface area contributed by atoms with Crippen molar-refractivity contribution in [3.8, 4) is 0 Å². The molecule has 10 heteroatoms. The summed E-state index contributed by atoms with van der Waals surface area (Å²) in [4.78, 5) is 59.6. The Morgan fingerprint density at radius 3 is 2.51 bits per heavy atom. The fourth-order valence-electron chi connectivity index (χ4n) is 3.98. The van der Waals surface area contributed by atoms with Crippen LogP contribution in [0.2, 0.25) is 0 Å². The topological polar surface area (TPSA) is 142 Å². The monoisotopic (exact) mass is 516 g/mol. The lowest BCUT2D eigenvalue weighted by Gasteiger charge is -2.28. The maximum Gasteiger partial charge on any atom is 0.337 e. The number of esters is 4. The minimum atomic E-state index is -0.878. The van der Waals surface area contributed by atoms with Crippen molar-refractivity contribution in [3.05, 3.63) is 58.7 Å². The fraction of sp³-hybridized carbons (Fsp3) is 0.444. The van der Waals surface area contributed by atoms with E-state index in [-0.39, 0.29) is 23.1 Å². The van der Waals surface area contributed by atoms with Crippen molar-refractivity contribution >= 4 is 30.2 Å². The molecule has 1 fully saturated rings. The van der Waals surface area contributed by atoms with Crippen molar-refractivity contribution in [2.24, 2.45) is 5.92 Å². The number of carbonyl (C=O) groups excluding carboxylic acids is 5. The molecule has 1 N–H and O–H groups in total. The molecule has 0 aromatic carbocycles. The number of hydrogen-bond acceptors (Lipinski definition) is 10. The highest BCUT2D eigenvalue weighted by molar-refractivity contribution is 5.94. The number of carbonyl (C=O) groups is 5. The summed E-state index contributed by atoms with van der Waals surface area (Å²) in [6.07, 6.45) is 4.48. The van der Waals surface area contributed by atoms with Gasteiger partial charge in [-0.25, -0.2) is 14.4 Å². The highest BCUT2D eigenvalue weighted by Gasteiger charge is 2.45. The van der Waals surface area contributed by atoms with Crippen LogP contribution in [0.25, 0.3) is 0 Å². The van der Waals surface area contributed by atoms with E-state index in [2.05, 4.69) is 6.58 Å². The van der Waals surface area contributed by atoms with Gasteiger partial charge in [0.15, 0.2) is 0 Å². The SMILES string of the molecule is C=C1C(=O)O[C@@H]2/C=C(/C)[C@H](OC(C)=O)C/C=C(\C)C[C@@H](OC(=O)/C(=C/CO)COC(=O)/C(C)=C/C=O)[C@@H]12. The zero-order valence-electron chi connectivity index (χ0n) is 21.4. The van der Waals surface area contributed by atoms with E-state index in [1.807, 2.05) is 13.0 Å². The van der Waals surface area contributed by atoms with Gasteiger partial charge >= 0.3 is 23.9 Å². The van der Waals surface area contributed by atoms with Gasteiger partial charge in [0.2, 0.25) is 0 Å². The molecule has 1 aliphatic carbocycles. The number of ether oxygens (including phenoxy) is 4. The van der Waals surface area contributed by atoms with E-state index >= 15 is 0 Å². The molecule has 0 spiro atoms. The number of rotatable bonds is 8. The maximum absolute atomic E-state index is 13.1. The van der Waals surface area contributed by atoms with Crippen LogP contribution < -0.4 is 0 Å². The second-order valence-electron chi connectivity index (χ2n) is 8.84. The normalized spacial score (nSPS) is 27.5. The van der Waals surface area contributed by atoms with Crippen LogP contribution in [0, 0.1) is 5.92 Å². The summed E-state index contributed by atoms with van der Waals surface area (Å²) < 4.78 is 21.7. The Balaban J connectivity index is 2.34. The van der Waals surface area contributed by atoms with Gasteiger partial charge in [-0.2, -0.15) is 0 Å². The van der Waals surface area contributed by atoms with Crippen LogP contribution >= 0.6 is 0 Å². The van der Waals surface area contributed by atoms with Crippen molar-refractivity contribution in [3.63, 3.8) is 0 Å². The van der Waals surface area contributed by atoms with Gasteiger partial charge in [0, 0.05) is 30.9 Å². The van der Waals surface area contributed by atoms with Gasteiger partial charge in [0.1, 0.15) is 31.2 Å². The first kappa shape index (κ1) is 29.4. The lowest BCUT2D eigenvalue weighted by molar-refractivity contribution is -0.149. The number of fused-ring (bicyclic) bond motifs is 1. The van der Waals surface area contributed by atoms with E-state index in [0.29, 0.717) is 18.3 Å². The number of hydrogen-bond donors (Lipinski definition) is 1. The molecular formula is C27H32O10. The van der Waals surface area contributed by atoms with Gasteiger partial charge in [0.05, 0.1) is 18.1 Å². The predicted octanol–water partition coefficient (Wildman–Crippen LogP) is 2.22. The third kappa shape index (κ3) is 8.11. The van der Waals surface area contributed by atoms with Crippen molar-refractivity contribution in [2.45, 2.75) is 58.8 Å². The number of allylic oxidation sites excluding steroid dienone is 1. The van der Waals surface area contributed by atoms with Gasteiger partial charge < -0.3 is 24.1 Å². The molecule has 2 rings (SSSR count). The first-order chi connectivity index (χ1) is 17.5. The molecule has 0 aromatic heterocycles. The van der Waals surface area contributed by atoms with Crippen LogP contribution in [-0.4, -0.2) is 66.8 Å². The van der Waals surface area contributed by atoms with E-state index in [1.54, 1.807) is 13.0 Å². The van der Waals surface area contributed by atoms with Crippen molar-refractivity contribution in [2.75, 3.05) is 13.2 Å². The summed E-state index contributed by atoms with van der Waals surface area (Å²) in [7, 11) is 0. The summed E-state index contributed by atoms with van der Waals surface area (Å²) >= 11 is 0. The molecule has 1 saturated heterocycles. The van der Waals surface area contributed by atoms with E-state index in [0.717, 1.165) is 17.7 Å². The molecule has 0 radical (unpaired) electrons. The van der Waals surface area contributed by atoms with E-state index in [9.17, 15) is 29.1 Å². The molecule has 0 unspecified atom stereocenters. The summed E-state index contributed by atoms with van der Waals surface area (Å²) in [5, 5.41) is 9.37. The highest BCUT2D eigenvalue weighted by Crippen LogP contribution is 2.36. The third-order valence-electron chi connectivity index (χ3n) is 5.97. The van der Waals surface area contributed by atoms with Gasteiger partial charge in [-0.1, -0.05) is 18.2 Å². The summed E-state index contributed by atoms with van der Waals surface area (Å²) in [5.41, 5.74) is 1.51. The largest absolute Gasteiger partial charge is 0.458 e. The molecule has 0 saturated carbocycles. The standard InChI is InChI=1S/C27H32O10/c1-15-6-7-21(35-19(5)30)17(3)13-23-24(18(4)26(32)36-23)22(12-15)37-27(33)20(9-11-29)14-34-25(31)16(2)8-10-28/h6,8-10,13,21-24,29H,4,7,11-12,14H2,1-3,5H3/b15-6+,16-8+,17-13-,20-9+/t21-,22-,23-,24-/m1/s1. The number of aliphatic hydroxyl groups is 1. The van der Waals surface area contributed by atoms with Gasteiger partial charge in [-0.15, -0.1) is 0 Å². The Kier molecular flexibility index (Phi) is 10.7. The van der Waals surface area contributed by atoms with Crippen LogP contribution in [0.4, 0.5) is 0 Å². The molecule has 37 heavy (non-hydrogen) atoms. The minimum Gasteiger partial charge on any atom is -0.458 e. The van der Waals surface area contributed by atoms with E-state index < -0.39 is 61.3 Å². The van der Waals surface area contributed by atoms with Crippen molar-refractivity contribution in [1.82, 2.24) is 0 Å². The Bertz CT molecular complexity index is 1070. The maximum atomic E-state index is 13.1. The van der Waals surface area contributed by atoms with Crippen molar-refractivity contribution < 1.29 is 48.0 Å². The van der Waals surface area contributed by atoms with E-state index in [1.165, 1.54) is 13.8 Å². The molecule has 200 valence electrons. The third-order valence-corrected chi connectivity index (χ3v) is 5.97. The molecule has 0 bridgehead atoms. The number of aliphatic hydroxyl groups excluding tert-OH is 1. The smallest absolute Gasteiger partial charge is 0.337 e. The Labute approximate surface area is 215 Å². The number of aldehydes is 1. The minimum absolute atomic E-state index is 0.0368. The van der Waals surface area contributed by atoms with Crippen molar-refractivity contribution in [1.29, 1.82) is 0 Å². The summed E-state index contributed by atoms with van der Waals surface area (Å²) in [6, 6.07) is 0. The van der Waals surface area contributed by atoms with Crippen LogP contribution in [0.15, 0.2) is 58.7 Å². The Morgan fingerprint density at radius 2 is 1.89 bits per heavy atom. The van der Waals surface area contributed by atoms with Crippen LogP contribution in [0.1, 0.15) is 40.5 Å². The summed E-state index contributed by atoms with van der Waals surface area (Å²) in [5.74, 6) is -3.49. The molecule has 1 aliphatic heterocycles. The lowest BCUT2D eigenvalue weighted by atomic mass is 9.85. The second-order valence-corrected chi connectivity index (χ2v) is 8.84. The molecule has 1 heterocycles. The van der Waals surface area contributed by atoms with Crippen LogP contribution in [0.3, 0.4) is 0 Å². The second kappa shape index (κ2) is 13.5. The fourth-order valence-corrected chi connectivity index (χ4v) is 3.98. The zero-order chi connectivity index (χ0) is 27.7. The van der Waals surface area contributed by atoms with Gasteiger partial charge in [0.25, 0.3) is 0 Å². The predicted molar refractivity (Wildman–Crippen MR) is 131 cm³/mol. The van der Waals surface area contributed by atoms with E-state index in [4.69, 9.17) is 18.9 Å². The molecule has 0 aromatic rings. The molecule has 4 atom stereocenters. The summed E-state index contributed by atoms with van der Waals surface area (Å²) in [6.45, 7) is 9.08. The first-order valence-electron chi connectivity index (χ1n) is 11.7. The van der Waals surface area contributed by atoms with Crippen LogP contribution in [-0.2, 0) is 42.9 Å². The average molecular weight is 517 g/mol. The average Bonchev–Trinajstić information content (AvgIpc) is 3.10. The lowest BCUT2D eigenvalue weighted by Crippen LogP contribution is -2.35. The highest BCUT2D eigenvalue weighted by atomic mass is 16.6. The van der Waals surface area contributed by atoms with Crippen LogP contribution in [0.5, 0.6) is 0 Å². The van der Waals surface area contributed by atoms with Gasteiger partial charge in [-0.05, 0) is 44.6 Å². The molecular weight excluding hydrogens is 484 g/mol.